The molecular weight excluding hydrogens is 192 g/mol. The number of nitrogens with one attached hydrogen (secondary N) is 3. The predicted octanol–water partition coefficient (Wildman–Crippen LogP) is 1.32. The molecule has 0 bridgehead atoms. The quantitative estimate of drug-likeness (QED) is 0.641. The lowest BCUT2D eigenvalue weighted by Gasteiger charge is -2.06. The van der Waals surface area contributed by atoms with Crippen LogP contribution in [0.25, 0.3) is 0 Å². The van der Waals surface area contributed by atoms with Crippen LogP contribution in [0.2, 0.25) is 0 Å². The number of aromatic nitrogens is 2. The Kier molecular flexibility index (Phi) is 4.66. The van der Waals surface area contributed by atoms with Crippen LogP contribution in [-0.4, -0.2) is 22.8 Å². The van der Waals surface area contributed by atoms with Gasteiger partial charge in [0.25, 0.3) is 0 Å². The van der Waals surface area contributed by atoms with Gasteiger partial charge in [-0.15, -0.1) is 0 Å². The van der Waals surface area contributed by atoms with E-state index in [9.17, 15) is 4.79 Å². The summed E-state index contributed by atoms with van der Waals surface area (Å²) in [6, 6.07) is -0.121. The van der Waals surface area contributed by atoms with E-state index in [4.69, 9.17) is 0 Å². The molecule has 0 radical (unpaired) electrons. The molecule has 1 aromatic heterocycles. The van der Waals surface area contributed by atoms with Gasteiger partial charge in [-0.1, -0.05) is 13.3 Å². The van der Waals surface area contributed by atoms with Crippen molar-refractivity contribution in [1.29, 1.82) is 0 Å². The summed E-state index contributed by atoms with van der Waals surface area (Å²) in [4.78, 5) is 11.3. The topological polar surface area (TPSA) is 69.8 Å². The molecule has 3 N–H and O–H groups in total. The van der Waals surface area contributed by atoms with Crippen molar-refractivity contribution in [1.82, 2.24) is 20.8 Å². The molecule has 15 heavy (non-hydrogen) atoms. The van der Waals surface area contributed by atoms with Crippen molar-refractivity contribution in [3.63, 3.8) is 0 Å². The van der Waals surface area contributed by atoms with E-state index >= 15 is 0 Å². The third kappa shape index (κ3) is 4.01. The number of hydrogen-bond acceptors (Lipinski definition) is 2. The number of hydrogen-bond donors (Lipinski definition) is 3. The summed E-state index contributed by atoms with van der Waals surface area (Å²) in [5, 5.41) is 12.3. The van der Waals surface area contributed by atoms with E-state index in [1.807, 2.05) is 6.92 Å². The average Bonchev–Trinajstić information content (AvgIpc) is 2.61. The molecule has 0 aromatic carbocycles. The number of H-pyrrole nitrogens is 1. The van der Waals surface area contributed by atoms with Crippen molar-refractivity contribution >= 4 is 6.03 Å². The summed E-state index contributed by atoms with van der Waals surface area (Å²) in [6.07, 6.45) is 3.82. The van der Waals surface area contributed by atoms with Gasteiger partial charge in [0.1, 0.15) is 0 Å². The fraction of sp³-hybridized carbons (Fsp3) is 0.600. The third-order valence-corrected chi connectivity index (χ3v) is 2.19. The Morgan fingerprint density at radius 2 is 2.33 bits per heavy atom. The number of carbonyl (C=O) groups is 1. The van der Waals surface area contributed by atoms with Crippen molar-refractivity contribution in [3.8, 4) is 0 Å². The molecule has 1 rings (SSSR count). The van der Waals surface area contributed by atoms with Crippen LogP contribution in [0.1, 0.15) is 31.0 Å². The molecule has 0 aliphatic rings. The van der Waals surface area contributed by atoms with E-state index in [0.29, 0.717) is 6.54 Å². The first kappa shape index (κ1) is 11.6. The lowest BCUT2D eigenvalue weighted by molar-refractivity contribution is 0.240. The lowest BCUT2D eigenvalue weighted by Crippen LogP contribution is -2.35. The Balaban J connectivity index is 2.20. The molecule has 0 atom stereocenters. The largest absolute Gasteiger partial charge is 0.338 e. The Labute approximate surface area is 89.6 Å². The molecule has 1 heterocycles. The van der Waals surface area contributed by atoms with E-state index in [1.165, 1.54) is 0 Å². The van der Waals surface area contributed by atoms with Crippen molar-refractivity contribution < 1.29 is 4.79 Å². The van der Waals surface area contributed by atoms with E-state index < -0.39 is 0 Å². The van der Waals surface area contributed by atoms with E-state index in [2.05, 4.69) is 27.8 Å². The zero-order valence-electron chi connectivity index (χ0n) is 9.26. The van der Waals surface area contributed by atoms with E-state index in [1.54, 1.807) is 6.20 Å². The summed E-state index contributed by atoms with van der Waals surface area (Å²) in [5.41, 5.74) is 2.00. The first-order chi connectivity index (χ1) is 7.24. The highest BCUT2D eigenvalue weighted by Gasteiger charge is 2.02. The van der Waals surface area contributed by atoms with Crippen LogP contribution in [0.5, 0.6) is 0 Å². The second-order valence-electron chi connectivity index (χ2n) is 3.48. The van der Waals surface area contributed by atoms with Gasteiger partial charge >= 0.3 is 6.03 Å². The first-order valence-electron chi connectivity index (χ1n) is 5.24. The average molecular weight is 210 g/mol. The van der Waals surface area contributed by atoms with Gasteiger partial charge in [-0.25, -0.2) is 4.79 Å². The highest BCUT2D eigenvalue weighted by Crippen LogP contribution is 2.00. The summed E-state index contributed by atoms with van der Waals surface area (Å²) < 4.78 is 0. The fourth-order valence-electron chi connectivity index (χ4n) is 1.17. The van der Waals surface area contributed by atoms with Gasteiger partial charge in [-0.05, 0) is 13.3 Å². The summed E-state index contributed by atoms with van der Waals surface area (Å²) in [5.74, 6) is 0. The van der Waals surface area contributed by atoms with Gasteiger partial charge in [-0.3, -0.25) is 5.10 Å². The van der Waals surface area contributed by atoms with E-state index in [0.717, 1.165) is 30.6 Å². The summed E-state index contributed by atoms with van der Waals surface area (Å²) in [7, 11) is 0. The molecule has 0 aliphatic heterocycles. The van der Waals surface area contributed by atoms with Crippen molar-refractivity contribution in [2.75, 3.05) is 6.54 Å². The predicted molar refractivity (Wildman–Crippen MR) is 58.5 cm³/mol. The smallest absolute Gasteiger partial charge is 0.315 e. The molecular formula is C10H18N4O. The minimum Gasteiger partial charge on any atom is -0.338 e. The molecule has 2 amide bonds. The molecule has 84 valence electrons. The second kappa shape index (κ2) is 6.06. The molecule has 0 aliphatic carbocycles. The second-order valence-corrected chi connectivity index (χ2v) is 3.48. The van der Waals surface area contributed by atoms with Gasteiger partial charge in [0, 0.05) is 24.3 Å². The van der Waals surface area contributed by atoms with Crippen molar-refractivity contribution in [3.05, 3.63) is 17.5 Å². The SMILES string of the molecule is CCCCNC(=O)NCc1cn[nH]c1C. The minimum atomic E-state index is -0.121. The lowest BCUT2D eigenvalue weighted by atomic mass is 10.3. The van der Waals surface area contributed by atoms with Crippen molar-refractivity contribution in [2.24, 2.45) is 0 Å². The van der Waals surface area contributed by atoms with Gasteiger partial charge in [0.2, 0.25) is 0 Å². The number of amides is 2. The van der Waals surface area contributed by atoms with Gasteiger partial charge in [0.05, 0.1) is 6.20 Å². The van der Waals surface area contributed by atoms with Crippen LogP contribution in [0.15, 0.2) is 6.20 Å². The molecule has 5 nitrogen and oxygen atoms in total. The van der Waals surface area contributed by atoms with Gasteiger partial charge in [0.15, 0.2) is 0 Å². The van der Waals surface area contributed by atoms with E-state index in [-0.39, 0.29) is 6.03 Å². The molecule has 5 heteroatoms. The number of urea groups is 1. The minimum absolute atomic E-state index is 0.121. The third-order valence-electron chi connectivity index (χ3n) is 2.19. The normalized spacial score (nSPS) is 10.0. The van der Waals surface area contributed by atoms with Gasteiger partial charge < -0.3 is 10.6 Å². The first-order valence-corrected chi connectivity index (χ1v) is 5.24. The Bertz CT molecular complexity index is 308. The molecule has 0 fully saturated rings. The molecule has 0 unspecified atom stereocenters. The number of unbranched alkanes of at least 4 members (excludes halogenated alkanes) is 1. The Hall–Kier alpha value is -1.52. The Morgan fingerprint density at radius 1 is 1.53 bits per heavy atom. The van der Waals surface area contributed by atoms with Crippen LogP contribution in [0.3, 0.4) is 0 Å². The Morgan fingerprint density at radius 3 is 2.93 bits per heavy atom. The van der Waals surface area contributed by atoms with Crippen LogP contribution in [-0.2, 0) is 6.54 Å². The van der Waals surface area contributed by atoms with Crippen molar-refractivity contribution in [2.45, 2.75) is 33.2 Å². The zero-order valence-corrected chi connectivity index (χ0v) is 9.26. The van der Waals surface area contributed by atoms with Crippen LogP contribution in [0.4, 0.5) is 4.79 Å². The number of nitrogens with zero attached hydrogens (tertiary/aromatic N) is 1. The zero-order chi connectivity index (χ0) is 11.1. The molecule has 0 saturated heterocycles. The van der Waals surface area contributed by atoms with Gasteiger partial charge in [-0.2, -0.15) is 5.10 Å². The summed E-state index contributed by atoms with van der Waals surface area (Å²) in [6.45, 7) is 5.26. The molecule has 0 spiro atoms. The number of rotatable bonds is 5. The number of aromatic amines is 1. The monoisotopic (exact) mass is 210 g/mol. The maximum absolute atomic E-state index is 11.3. The highest BCUT2D eigenvalue weighted by molar-refractivity contribution is 5.73. The maximum atomic E-state index is 11.3. The number of aryl methyl sites for hydroxylation is 1. The number of carbonyl (C=O) groups excluding carboxylic acids is 1. The maximum Gasteiger partial charge on any atom is 0.315 e. The molecule has 0 saturated carbocycles. The van der Waals surface area contributed by atoms with Crippen LogP contribution >= 0.6 is 0 Å². The molecule has 1 aromatic rings. The van der Waals surface area contributed by atoms with Crippen LogP contribution in [0, 0.1) is 6.92 Å². The van der Waals surface area contributed by atoms with Crippen LogP contribution < -0.4 is 10.6 Å². The summed E-state index contributed by atoms with van der Waals surface area (Å²) >= 11 is 0. The standard InChI is InChI=1S/C10H18N4O/c1-3-4-5-11-10(15)12-6-9-7-13-14-8(9)2/h7H,3-6H2,1-2H3,(H,13,14)(H2,11,12,15). The highest BCUT2D eigenvalue weighted by atomic mass is 16.2. The fourth-order valence-corrected chi connectivity index (χ4v) is 1.17.